The van der Waals surface area contributed by atoms with E-state index >= 15 is 0 Å². The minimum atomic E-state index is -0.0931. The molecule has 114 valence electrons. The Morgan fingerprint density at radius 2 is 2.27 bits per heavy atom. The lowest BCUT2D eigenvalue weighted by Crippen LogP contribution is -2.31. The van der Waals surface area contributed by atoms with E-state index in [0.29, 0.717) is 30.6 Å². The molecule has 2 aromatic heterocycles. The summed E-state index contributed by atoms with van der Waals surface area (Å²) in [7, 11) is 0. The number of ether oxygens (including phenoxy) is 1. The molecule has 0 spiro atoms. The van der Waals surface area contributed by atoms with Crippen molar-refractivity contribution in [2.75, 3.05) is 13.1 Å². The molecule has 1 aliphatic heterocycles. The summed E-state index contributed by atoms with van der Waals surface area (Å²) < 4.78 is 11.0. The van der Waals surface area contributed by atoms with E-state index in [-0.39, 0.29) is 12.0 Å². The summed E-state index contributed by atoms with van der Waals surface area (Å²) in [5.74, 6) is 1.73. The van der Waals surface area contributed by atoms with Gasteiger partial charge in [0.1, 0.15) is 18.2 Å². The highest BCUT2D eigenvalue weighted by Gasteiger charge is 2.32. The Labute approximate surface area is 127 Å². The van der Waals surface area contributed by atoms with Crippen molar-refractivity contribution >= 4 is 5.91 Å². The van der Waals surface area contributed by atoms with Crippen molar-refractivity contribution in [2.45, 2.75) is 31.3 Å². The van der Waals surface area contributed by atoms with Crippen molar-refractivity contribution in [3.05, 3.63) is 36.1 Å². The third-order valence-corrected chi connectivity index (χ3v) is 4.00. The molecule has 7 nitrogen and oxygen atoms in total. The number of likely N-dealkylation sites (tertiary alicyclic amines) is 1. The summed E-state index contributed by atoms with van der Waals surface area (Å²) in [6.45, 7) is 1.19. The second kappa shape index (κ2) is 5.40. The van der Waals surface area contributed by atoms with Gasteiger partial charge < -0.3 is 14.2 Å². The van der Waals surface area contributed by atoms with Gasteiger partial charge in [-0.1, -0.05) is 5.16 Å². The highest BCUT2D eigenvalue weighted by Crippen LogP contribution is 2.40. The molecule has 0 bridgehead atoms. The maximum absolute atomic E-state index is 12.4. The van der Waals surface area contributed by atoms with Crippen molar-refractivity contribution in [2.24, 2.45) is 0 Å². The topological polar surface area (TPSA) is 81.4 Å². The van der Waals surface area contributed by atoms with E-state index in [1.165, 1.54) is 6.33 Å². The number of carbonyl (C=O) groups excluding carboxylic acids is 1. The maximum Gasteiger partial charge on any atom is 0.276 e. The van der Waals surface area contributed by atoms with Crippen LogP contribution < -0.4 is 4.74 Å². The molecule has 4 rings (SSSR count). The van der Waals surface area contributed by atoms with Gasteiger partial charge in [-0.25, -0.2) is 9.97 Å². The van der Waals surface area contributed by atoms with E-state index in [9.17, 15) is 4.79 Å². The average Bonchev–Trinajstić information content (AvgIpc) is 3.10. The number of hydrogen-bond donors (Lipinski definition) is 0. The number of rotatable bonds is 4. The zero-order chi connectivity index (χ0) is 14.9. The summed E-state index contributed by atoms with van der Waals surface area (Å²) in [6, 6.07) is 3.49. The first-order valence-corrected chi connectivity index (χ1v) is 7.48. The van der Waals surface area contributed by atoms with Crippen LogP contribution in [0.2, 0.25) is 0 Å². The third kappa shape index (κ3) is 2.66. The van der Waals surface area contributed by atoms with Gasteiger partial charge in [-0.3, -0.25) is 4.79 Å². The molecule has 2 fully saturated rings. The van der Waals surface area contributed by atoms with Gasteiger partial charge in [0.25, 0.3) is 5.91 Å². The minimum Gasteiger partial charge on any atom is -0.472 e. The largest absolute Gasteiger partial charge is 0.472 e. The first kappa shape index (κ1) is 13.2. The Bertz CT molecular complexity index is 668. The summed E-state index contributed by atoms with van der Waals surface area (Å²) >= 11 is 0. The van der Waals surface area contributed by atoms with Gasteiger partial charge in [-0.15, -0.1) is 0 Å². The lowest BCUT2D eigenvalue weighted by Gasteiger charge is -2.15. The van der Waals surface area contributed by atoms with Gasteiger partial charge in [0, 0.05) is 37.2 Å². The fourth-order valence-electron chi connectivity index (χ4n) is 2.64. The molecule has 0 radical (unpaired) electrons. The van der Waals surface area contributed by atoms with Crippen LogP contribution in [-0.4, -0.2) is 45.1 Å². The fourth-order valence-corrected chi connectivity index (χ4v) is 2.64. The molecular weight excluding hydrogens is 284 g/mol. The molecule has 2 aromatic rings. The predicted molar refractivity (Wildman–Crippen MR) is 75.4 cm³/mol. The molecule has 22 heavy (non-hydrogen) atoms. The van der Waals surface area contributed by atoms with Crippen molar-refractivity contribution < 1.29 is 14.1 Å². The second-order valence-electron chi connectivity index (χ2n) is 5.72. The molecule has 1 amide bonds. The number of aromatic nitrogens is 3. The van der Waals surface area contributed by atoms with E-state index in [4.69, 9.17) is 9.26 Å². The first-order chi connectivity index (χ1) is 10.8. The fraction of sp³-hybridized carbons (Fsp3) is 0.467. The van der Waals surface area contributed by atoms with Gasteiger partial charge in [0.2, 0.25) is 5.88 Å². The van der Waals surface area contributed by atoms with Crippen molar-refractivity contribution in [3.8, 4) is 5.88 Å². The molecular formula is C15H16N4O3. The van der Waals surface area contributed by atoms with Crippen molar-refractivity contribution in [3.63, 3.8) is 0 Å². The standard InChI is InChI=1S/C15H16N4O3/c20-15(12-7-13(22-18-12)10-1-2-10)19-6-4-11(8-19)21-14-3-5-16-9-17-14/h3,5,7,9-11H,1-2,4,6,8H2/t11-/m0/s1. The summed E-state index contributed by atoms with van der Waals surface area (Å²) in [5, 5.41) is 3.90. The Morgan fingerprint density at radius 3 is 3.05 bits per heavy atom. The Balaban J connectivity index is 1.38. The monoisotopic (exact) mass is 300 g/mol. The number of hydrogen-bond acceptors (Lipinski definition) is 6. The quantitative estimate of drug-likeness (QED) is 0.853. The molecule has 0 N–H and O–H groups in total. The molecule has 0 unspecified atom stereocenters. The van der Waals surface area contributed by atoms with Crippen molar-refractivity contribution in [1.29, 1.82) is 0 Å². The Hall–Kier alpha value is -2.44. The van der Waals surface area contributed by atoms with Crippen LogP contribution >= 0.6 is 0 Å². The van der Waals surface area contributed by atoms with Crippen LogP contribution in [0.15, 0.2) is 29.2 Å². The zero-order valence-electron chi connectivity index (χ0n) is 12.0. The Kier molecular flexibility index (Phi) is 3.25. The van der Waals surface area contributed by atoms with E-state index in [1.807, 2.05) is 0 Å². The maximum atomic E-state index is 12.4. The minimum absolute atomic E-state index is 0.0475. The van der Waals surface area contributed by atoms with Crippen LogP contribution in [0.3, 0.4) is 0 Å². The predicted octanol–water partition coefficient (Wildman–Crippen LogP) is 1.64. The van der Waals surface area contributed by atoms with Crippen LogP contribution in [0.1, 0.15) is 41.4 Å². The molecule has 1 aliphatic carbocycles. The number of amides is 1. The molecule has 0 aromatic carbocycles. The van der Waals surface area contributed by atoms with Gasteiger partial charge >= 0.3 is 0 Å². The zero-order valence-corrected chi connectivity index (χ0v) is 12.0. The summed E-state index contributed by atoms with van der Waals surface area (Å²) in [6.07, 6.45) is 6.07. The van der Waals surface area contributed by atoms with Gasteiger partial charge in [0.05, 0.1) is 6.54 Å². The molecule has 2 aliphatic rings. The van der Waals surface area contributed by atoms with E-state index in [1.54, 1.807) is 23.2 Å². The number of nitrogens with zero attached hydrogens (tertiary/aromatic N) is 4. The van der Waals surface area contributed by atoms with Crippen molar-refractivity contribution in [1.82, 2.24) is 20.0 Å². The SMILES string of the molecule is O=C(c1cc(C2CC2)on1)N1CC[C@H](Oc2ccncn2)C1. The van der Waals surface area contributed by atoms with Crippen LogP contribution in [-0.2, 0) is 0 Å². The van der Waals surface area contributed by atoms with Gasteiger partial charge in [-0.05, 0) is 12.8 Å². The lowest BCUT2D eigenvalue weighted by atomic mass is 10.2. The summed E-state index contributed by atoms with van der Waals surface area (Å²) in [4.78, 5) is 22.1. The normalized spacial score (nSPS) is 21.1. The van der Waals surface area contributed by atoms with Crippen LogP contribution in [0.4, 0.5) is 0 Å². The van der Waals surface area contributed by atoms with E-state index in [2.05, 4.69) is 15.1 Å². The van der Waals surface area contributed by atoms with E-state index in [0.717, 1.165) is 25.0 Å². The summed E-state index contributed by atoms with van der Waals surface area (Å²) in [5.41, 5.74) is 0.393. The molecule has 7 heteroatoms. The first-order valence-electron chi connectivity index (χ1n) is 7.48. The van der Waals surface area contributed by atoms with Gasteiger partial charge in [-0.2, -0.15) is 0 Å². The Morgan fingerprint density at radius 1 is 1.36 bits per heavy atom. The van der Waals surface area contributed by atoms with Crippen LogP contribution in [0, 0.1) is 0 Å². The molecule has 1 atom stereocenters. The highest BCUT2D eigenvalue weighted by molar-refractivity contribution is 5.92. The van der Waals surface area contributed by atoms with E-state index < -0.39 is 0 Å². The van der Waals surface area contributed by atoms with Crippen LogP contribution in [0.5, 0.6) is 5.88 Å². The van der Waals surface area contributed by atoms with Crippen LogP contribution in [0.25, 0.3) is 0 Å². The smallest absolute Gasteiger partial charge is 0.276 e. The molecule has 1 saturated heterocycles. The second-order valence-corrected chi connectivity index (χ2v) is 5.72. The van der Waals surface area contributed by atoms with Gasteiger partial charge in [0.15, 0.2) is 5.69 Å². The highest BCUT2D eigenvalue weighted by atomic mass is 16.5. The lowest BCUT2D eigenvalue weighted by molar-refractivity contribution is 0.0761. The molecule has 1 saturated carbocycles. The average molecular weight is 300 g/mol. The third-order valence-electron chi connectivity index (χ3n) is 4.00. The molecule has 3 heterocycles. The number of carbonyl (C=O) groups is 1.